The van der Waals surface area contributed by atoms with E-state index in [0.29, 0.717) is 79.1 Å². The minimum absolute atomic E-state index is 0.0414. The van der Waals surface area contributed by atoms with E-state index in [-0.39, 0.29) is 50.1 Å². The van der Waals surface area contributed by atoms with Gasteiger partial charge in [0, 0.05) is 78.7 Å². The summed E-state index contributed by atoms with van der Waals surface area (Å²) in [6, 6.07) is 17.2. The van der Waals surface area contributed by atoms with Gasteiger partial charge in [0.25, 0.3) is 5.56 Å². The summed E-state index contributed by atoms with van der Waals surface area (Å²) in [7, 11) is 1.50. The number of aliphatic hydroxyl groups excluding tert-OH is 1. The molecule has 308 valence electrons. The van der Waals surface area contributed by atoms with Crippen molar-refractivity contribution in [2.75, 3.05) is 20.2 Å². The molecule has 2 aliphatic heterocycles. The van der Waals surface area contributed by atoms with Crippen LogP contribution in [0, 0.1) is 0 Å². The predicted octanol–water partition coefficient (Wildman–Crippen LogP) is 6.44. The van der Waals surface area contributed by atoms with Crippen LogP contribution in [0.15, 0.2) is 77.9 Å². The number of β-amino-alcohol motifs (C(OH)–C–C–N with tert-alkyl or cyclic N) is 1. The highest BCUT2D eigenvalue weighted by atomic mass is 35.5. The fourth-order valence-corrected chi connectivity index (χ4v) is 8.21. The number of carbonyl (C=O) groups is 3. The molecule has 0 bridgehead atoms. The molecule has 3 N–H and O–H groups in total. The van der Waals surface area contributed by atoms with Crippen LogP contribution in [-0.4, -0.2) is 96.3 Å². The number of likely N-dealkylation sites (tertiary alicyclic amines) is 1. The summed E-state index contributed by atoms with van der Waals surface area (Å²) in [6.07, 6.45) is 2.86. The standard InChI is InChI=1S/C43H44Cl2N6O8/c1-43(2,3)59-42(57)50(22-27-12-14-36(53)47-27)20-25-11-13-33(48-39(25)58-4)32-10-6-9-31(38(32)45)30-8-5-7-29(37(30)44)24-15-16-51-35(17-24)46-19-26(40(51)54)21-49-23-28(52)18-34(49)41(55)56/h5-11,13,15-17,19,27-28,34,52H,12,14,18,20-23H2,1-4H3,(H,47,53)(H,55,56)/t27?,28-,34-/m1/s1. The second-order valence-electron chi connectivity index (χ2n) is 15.8. The van der Waals surface area contributed by atoms with Crippen molar-refractivity contribution in [2.24, 2.45) is 0 Å². The third kappa shape index (κ3) is 9.05. The number of carboxylic acid groups (broad SMARTS) is 1. The number of pyridine rings is 2. The van der Waals surface area contributed by atoms with E-state index in [2.05, 4.69) is 10.3 Å². The number of halogens is 2. The molecule has 2 amide bonds. The molecule has 0 saturated carbocycles. The van der Waals surface area contributed by atoms with E-state index in [1.165, 1.54) is 17.7 Å². The van der Waals surface area contributed by atoms with Gasteiger partial charge in [-0.3, -0.25) is 23.7 Å². The van der Waals surface area contributed by atoms with E-state index in [1.807, 2.05) is 42.5 Å². The summed E-state index contributed by atoms with van der Waals surface area (Å²) in [5.74, 6) is -0.804. The number of nitrogens with one attached hydrogen (secondary N) is 1. The number of carboxylic acids is 1. The van der Waals surface area contributed by atoms with Crippen LogP contribution in [0.25, 0.3) is 39.2 Å². The van der Waals surface area contributed by atoms with Gasteiger partial charge in [0.05, 0.1) is 41.1 Å². The van der Waals surface area contributed by atoms with Crippen LogP contribution in [0.4, 0.5) is 4.79 Å². The number of methoxy groups -OCH3 is 1. The number of ether oxygens (including phenoxy) is 2. The van der Waals surface area contributed by atoms with Crippen LogP contribution in [0.2, 0.25) is 10.0 Å². The van der Waals surface area contributed by atoms with E-state index >= 15 is 0 Å². The van der Waals surface area contributed by atoms with Crippen molar-refractivity contribution in [2.45, 2.75) is 76.9 Å². The normalized spacial score (nSPS) is 18.2. The summed E-state index contributed by atoms with van der Waals surface area (Å²) >= 11 is 14.3. The average Bonchev–Trinajstić information content (AvgIpc) is 3.79. The Balaban J connectivity index is 1.15. The maximum atomic E-state index is 13.5. The summed E-state index contributed by atoms with van der Waals surface area (Å²) in [5, 5.41) is 23.4. The number of hydrogen-bond acceptors (Lipinski definition) is 10. The third-order valence-corrected chi connectivity index (χ3v) is 11.2. The number of carbonyl (C=O) groups excluding carboxylic acids is 2. The Morgan fingerprint density at radius 2 is 1.68 bits per heavy atom. The zero-order valence-electron chi connectivity index (χ0n) is 32.9. The largest absolute Gasteiger partial charge is 0.481 e. The van der Waals surface area contributed by atoms with Gasteiger partial charge in [0.2, 0.25) is 11.8 Å². The van der Waals surface area contributed by atoms with Crippen molar-refractivity contribution >= 4 is 46.8 Å². The molecule has 0 radical (unpaired) electrons. The zero-order valence-corrected chi connectivity index (χ0v) is 34.5. The predicted molar refractivity (Wildman–Crippen MR) is 222 cm³/mol. The Hall–Kier alpha value is -5.54. The summed E-state index contributed by atoms with van der Waals surface area (Å²) in [4.78, 5) is 62.8. The summed E-state index contributed by atoms with van der Waals surface area (Å²) in [5.41, 5.74) is 4.10. The highest BCUT2D eigenvalue weighted by Gasteiger charge is 2.36. The number of hydrogen-bond donors (Lipinski definition) is 3. The van der Waals surface area contributed by atoms with Crippen LogP contribution in [0.3, 0.4) is 0 Å². The SMILES string of the molecule is COc1nc(-c2cccc(-c3cccc(-c4ccn5c(=O)c(CN6C[C@H](O)C[C@@H]6C(=O)O)cnc5c4)c3Cl)c2Cl)ccc1CN(CC1CCC(=O)N1)C(=O)OC(C)(C)C. The van der Waals surface area contributed by atoms with Gasteiger partial charge >= 0.3 is 12.1 Å². The molecule has 59 heavy (non-hydrogen) atoms. The van der Waals surface area contributed by atoms with Gasteiger partial charge in [-0.1, -0.05) is 59.6 Å². The van der Waals surface area contributed by atoms with Gasteiger partial charge in [-0.25, -0.2) is 14.8 Å². The number of aliphatic hydroxyl groups is 1. The summed E-state index contributed by atoms with van der Waals surface area (Å²) in [6.45, 7) is 5.97. The molecule has 2 fully saturated rings. The molecule has 2 saturated heterocycles. The fourth-order valence-electron chi connectivity index (χ4n) is 7.55. The third-order valence-electron chi connectivity index (χ3n) is 10.4. The molecule has 1 unspecified atom stereocenters. The van der Waals surface area contributed by atoms with Crippen molar-refractivity contribution < 1.29 is 34.1 Å². The van der Waals surface area contributed by atoms with Crippen molar-refractivity contribution in [3.8, 4) is 39.4 Å². The number of nitrogens with zero attached hydrogens (tertiary/aromatic N) is 5. The van der Waals surface area contributed by atoms with Gasteiger partial charge in [-0.15, -0.1) is 0 Å². The molecule has 16 heteroatoms. The molecule has 5 heterocycles. The van der Waals surface area contributed by atoms with Crippen LogP contribution in [0.1, 0.15) is 51.2 Å². The molecular weight excluding hydrogens is 799 g/mol. The van der Waals surface area contributed by atoms with Crippen LogP contribution in [-0.2, 0) is 27.4 Å². The monoisotopic (exact) mass is 842 g/mol. The number of rotatable bonds is 11. The van der Waals surface area contributed by atoms with E-state index in [9.17, 15) is 29.4 Å². The highest BCUT2D eigenvalue weighted by molar-refractivity contribution is 6.39. The molecule has 5 aromatic rings. The minimum atomic E-state index is -1.05. The maximum Gasteiger partial charge on any atom is 0.410 e. The summed E-state index contributed by atoms with van der Waals surface area (Å²) < 4.78 is 12.8. The van der Waals surface area contributed by atoms with Crippen LogP contribution in [0.5, 0.6) is 5.88 Å². The lowest BCUT2D eigenvalue weighted by Gasteiger charge is -2.29. The first-order chi connectivity index (χ1) is 28.1. The molecule has 0 aliphatic carbocycles. The number of benzene rings is 2. The fraction of sp³-hybridized carbons (Fsp3) is 0.349. The van der Waals surface area contributed by atoms with Crippen molar-refractivity contribution in [3.63, 3.8) is 0 Å². The Morgan fingerprint density at radius 3 is 2.34 bits per heavy atom. The van der Waals surface area contributed by atoms with Crippen molar-refractivity contribution in [3.05, 3.63) is 105 Å². The van der Waals surface area contributed by atoms with E-state index in [0.717, 1.165) is 0 Å². The number of amides is 2. The number of aromatic nitrogens is 3. The first kappa shape index (κ1) is 41.6. The molecule has 3 atom stereocenters. The highest BCUT2D eigenvalue weighted by Crippen LogP contribution is 2.42. The topological polar surface area (TPSA) is 176 Å². The first-order valence-corrected chi connectivity index (χ1v) is 19.9. The lowest BCUT2D eigenvalue weighted by molar-refractivity contribution is -0.142. The van der Waals surface area contributed by atoms with Crippen molar-refractivity contribution in [1.29, 1.82) is 0 Å². The Kier molecular flexibility index (Phi) is 12.0. The first-order valence-electron chi connectivity index (χ1n) is 19.1. The minimum Gasteiger partial charge on any atom is -0.481 e. The maximum absolute atomic E-state index is 13.5. The van der Waals surface area contributed by atoms with Crippen LogP contribution >= 0.6 is 23.2 Å². The molecule has 0 spiro atoms. The Morgan fingerprint density at radius 1 is 0.983 bits per heavy atom. The Labute approximate surface area is 350 Å². The van der Waals surface area contributed by atoms with E-state index < -0.39 is 29.8 Å². The molecule has 2 aromatic carbocycles. The van der Waals surface area contributed by atoms with Gasteiger partial charge in [-0.05, 0) is 57.0 Å². The van der Waals surface area contributed by atoms with Crippen molar-refractivity contribution in [1.82, 2.24) is 29.5 Å². The second kappa shape index (κ2) is 17.0. The molecule has 14 nitrogen and oxygen atoms in total. The van der Waals surface area contributed by atoms with Gasteiger partial charge < -0.3 is 29.9 Å². The number of fused-ring (bicyclic) bond motifs is 1. The van der Waals surface area contributed by atoms with Crippen LogP contribution < -0.4 is 15.6 Å². The molecule has 2 aliphatic rings. The van der Waals surface area contributed by atoms with E-state index in [1.54, 1.807) is 55.0 Å². The lowest BCUT2D eigenvalue weighted by Crippen LogP contribution is -2.43. The molecule has 3 aromatic heterocycles. The second-order valence-corrected chi connectivity index (χ2v) is 16.5. The zero-order chi connectivity index (χ0) is 42.2. The smallest absolute Gasteiger partial charge is 0.410 e. The number of aliphatic carboxylic acids is 1. The van der Waals surface area contributed by atoms with Gasteiger partial charge in [0.15, 0.2) is 0 Å². The van der Waals surface area contributed by atoms with Gasteiger partial charge in [-0.2, -0.15) is 0 Å². The quantitative estimate of drug-likeness (QED) is 0.133. The molecular formula is C43H44Cl2N6O8. The van der Waals surface area contributed by atoms with E-state index in [4.69, 9.17) is 37.7 Å². The lowest BCUT2D eigenvalue weighted by atomic mass is 9.97. The average molecular weight is 844 g/mol. The molecule has 7 rings (SSSR count). The Bertz CT molecular complexity index is 2510. The van der Waals surface area contributed by atoms with Gasteiger partial charge in [0.1, 0.15) is 17.3 Å².